The maximum absolute atomic E-state index is 13.4. The van der Waals surface area contributed by atoms with Crippen molar-refractivity contribution < 1.29 is 19.4 Å². The van der Waals surface area contributed by atoms with Crippen LogP contribution in [0.1, 0.15) is 41.1 Å². The number of hydrogen-bond donors (Lipinski definition) is 1. The number of carbonyl (C=O) groups is 1. The number of aromatic nitrogens is 1. The van der Waals surface area contributed by atoms with Gasteiger partial charge in [0, 0.05) is 30.7 Å². The molecule has 2 aromatic carbocycles. The summed E-state index contributed by atoms with van der Waals surface area (Å²) in [6.45, 7) is 3.00. The molecule has 2 atom stereocenters. The fraction of sp³-hybridized carbons (Fsp3) is 0.357. The van der Waals surface area contributed by atoms with E-state index in [0.717, 1.165) is 11.3 Å². The molecule has 2 unspecified atom stereocenters. The number of morpholine rings is 1. The van der Waals surface area contributed by atoms with E-state index in [1.807, 2.05) is 43.3 Å². The fourth-order valence-corrected chi connectivity index (χ4v) is 6.01. The first-order valence-electron chi connectivity index (χ1n) is 11.9. The second-order valence-electron chi connectivity index (χ2n) is 9.68. The van der Waals surface area contributed by atoms with Gasteiger partial charge >= 0.3 is 6.09 Å². The van der Waals surface area contributed by atoms with E-state index in [1.165, 1.54) is 22.3 Å². The predicted octanol–water partition coefficient (Wildman–Crippen LogP) is 4.39. The van der Waals surface area contributed by atoms with Gasteiger partial charge in [-0.25, -0.2) is 4.79 Å². The molecule has 2 fully saturated rings. The molecule has 0 spiro atoms. The van der Waals surface area contributed by atoms with Gasteiger partial charge in [-0.2, -0.15) is 0 Å². The average Bonchev–Trinajstić information content (AvgIpc) is 3.16. The van der Waals surface area contributed by atoms with Crippen LogP contribution in [0, 0.1) is 6.92 Å². The summed E-state index contributed by atoms with van der Waals surface area (Å²) in [5, 5.41) is 11.5. The Morgan fingerprint density at radius 3 is 2.29 bits per heavy atom. The molecule has 0 saturated carbocycles. The number of nitrogens with zero attached hydrogens (tertiary/aromatic N) is 2. The third-order valence-electron chi connectivity index (χ3n) is 7.53. The highest BCUT2D eigenvalue weighted by molar-refractivity contribution is 5.79. The molecule has 6 heteroatoms. The SMILES string of the molecule is Cc1cc(C2(O)CC3COCC(C2)N3C(=O)OCC2c3ccccc3-c3ccccc32)ccn1. The summed E-state index contributed by atoms with van der Waals surface area (Å²) < 4.78 is 11.7. The zero-order valence-corrected chi connectivity index (χ0v) is 19.2. The summed E-state index contributed by atoms with van der Waals surface area (Å²) in [5.74, 6) is 0.0222. The van der Waals surface area contributed by atoms with Crippen LogP contribution >= 0.6 is 0 Å². The number of benzene rings is 2. The van der Waals surface area contributed by atoms with E-state index in [2.05, 4.69) is 29.2 Å². The summed E-state index contributed by atoms with van der Waals surface area (Å²) in [4.78, 5) is 19.4. The lowest BCUT2D eigenvalue weighted by molar-refractivity contribution is -0.136. The third kappa shape index (κ3) is 3.49. The number of rotatable bonds is 3. The van der Waals surface area contributed by atoms with Crippen LogP contribution in [0.15, 0.2) is 66.9 Å². The van der Waals surface area contributed by atoms with Crippen LogP contribution in [-0.2, 0) is 15.1 Å². The Labute approximate surface area is 199 Å². The largest absolute Gasteiger partial charge is 0.448 e. The van der Waals surface area contributed by atoms with Gasteiger partial charge in [-0.05, 0) is 46.9 Å². The smallest absolute Gasteiger partial charge is 0.410 e. The van der Waals surface area contributed by atoms with E-state index in [-0.39, 0.29) is 30.7 Å². The van der Waals surface area contributed by atoms with Crippen molar-refractivity contribution in [3.8, 4) is 11.1 Å². The van der Waals surface area contributed by atoms with Gasteiger partial charge in [0.25, 0.3) is 0 Å². The monoisotopic (exact) mass is 456 g/mol. The molecule has 1 aromatic heterocycles. The minimum atomic E-state index is -1.01. The van der Waals surface area contributed by atoms with Gasteiger partial charge in [0.05, 0.1) is 30.9 Å². The first-order valence-corrected chi connectivity index (χ1v) is 11.9. The second-order valence-corrected chi connectivity index (χ2v) is 9.68. The van der Waals surface area contributed by atoms with Gasteiger partial charge in [0.15, 0.2) is 0 Å². The molecular weight excluding hydrogens is 428 g/mol. The van der Waals surface area contributed by atoms with Crippen LogP contribution in [0.25, 0.3) is 11.1 Å². The number of ether oxygens (including phenoxy) is 2. The van der Waals surface area contributed by atoms with E-state index in [9.17, 15) is 9.90 Å². The number of amides is 1. The highest BCUT2D eigenvalue weighted by Crippen LogP contribution is 2.45. The molecule has 6 rings (SSSR count). The molecule has 3 aromatic rings. The van der Waals surface area contributed by atoms with Crippen molar-refractivity contribution in [1.82, 2.24) is 9.88 Å². The standard InChI is InChI=1S/C28H28N2O4/c1-18-12-19(10-11-29-18)28(32)13-20-15-33-16-21(14-28)30(20)27(31)34-17-26-24-8-4-2-6-22(24)23-7-3-5-9-25(23)26/h2-12,20-21,26,32H,13-17H2,1H3. The number of fused-ring (bicyclic) bond motifs is 5. The first kappa shape index (κ1) is 21.3. The third-order valence-corrected chi connectivity index (χ3v) is 7.53. The predicted molar refractivity (Wildman–Crippen MR) is 127 cm³/mol. The Morgan fingerprint density at radius 1 is 1.06 bits per heavy atom. The Hall–Kier alpha value is -3.22. The molecule has 2 saturated heterocycles. The number of aryl methyl sites for hydroxylation is 1. The Balaban J connectivity index is 1.21. The van der Waals surface area contributed by atoms with Crippen LogP contribution in [-0.4, -0.2) is 53.0 Å². The van der Waals surface area contributed by atoms with Crippen molar-refractivity contribution in [3.05, 3.63) is 89.2 Å². The van der Waals surface area contributed by atoms with Gasteiger partial charge in [0.1, 0.15) is 6.61 Å². The van der Waals surface area contributed by atoms with Gasteiger partial charge in [0.2, 0.25) is 0 Å². The number of carbonyl (C=O) groups excluding carboxylic acids is 1. The van der Waals surface area contributed by atoms with Gasteiger partial charge in [-0.15, -0.1) is 0 Å². The minimum Gasteiger partial charge on any atom is -0.448 e. The van der Waals surface area contributed by atoms with Crippen molar-refractivity contribution in [3.63, 3.8) is 0 Å². The van der Waals surface area contributed by atoms with Crippen LogP contribution in [0.4, 0.5) is 4.79 Å². The summed E-state index contributed by atoms with van der Waals surface area (Å²) in [6.07, 6.45) is 2.23. The van der Waals surface area contributed by atoms with E-state index >= 15 is 0 Å². The molecule has 174 valence electrons. The van der Waals surface area contributed by atoms with Crippen molar-refractivity contribution in [2.45, 2.75) is 43.4 Å². The first-order chi connectivity index (χ1) is 16.5. The van der Waals surface area contributed by atoms with Crippen LogP contribution in [0.3, 0.4) is 0 Å². The minimum absolute atomic E-state index is 0.0222. The number of aliphatic hydroxyl groups is 1. The molecule has 6 nitrogen and oxygen atoms in total. The molecule has 2 aliphatic heterocycles. The zero-order chi connectivity index (χ0) is 23.3. The number of piperidine rings is 1. The maximum atomic E-state index is 13.4. The molecule has 2 bridgehead atoms. The van der Waals surface area contributed by atoms with Gasteiger partial charge < -0.3 is 14.6 Å². The molecular formula is C28H28N2O4. The quantitative estimate of drug-likeness (QED) is 0.633. The van der Waals surface area contributed by atoms with E-state index in [0.29, 0.717) is 26.1 Å². The molecule has 1 amide bonds. The molecule has 3 aliphatic rings. The summed E-state index contributed by atoms with van der Waals surface area (Å²) in [7, 11) is 0. The Kier molecular flexibility index (Phi) is 5.15. The van der Waals surface area contributed by atoms with Crippen LogP contribution in [0.5, 0.6) is 0 Å². The summed E-state index contributed by atoms with van der Waals surface area (Å²) in [6, 6.07) is 20.0. The highest BCUT2D eigenvalue weighted by atomic mass is 16.6. The van der Waals surface area contributed by atoms with E-state index in [1.54, 1.807) is 11.1 Å². The Morgan fingerprint density at radius 2 is 1.68 bits per heavy atom. The van der Waals surface area contributed by atoms with Gasteiger partial charge in [-0.3, -0.25) is 9.88 Å². The fourth-order valence-electron chi connectivity index (χ4n) is 6.01. The van der Waals surface area contributed by atoms with Crippen molar-refractivity contribution in [2.24, 2.45) is 0 Å². The lowest BCUT2D eigenvalue weighted by Crippen LogP contribution is -2.62. The van der Waals surface area contributed by atoms with Crippen molar-refractivity contribution in [2.75, 3.05) is 19.8 Å². The molecule has 34 heavy (non-hydrogen) atoms. The van der Waals surface area contributed by atoms with E-state index in [4.69, 9.17) is 9.47 Å². The summed E-state index contributed by atoms with van der Waals surface area (Å²) in [5.41, 5.74) is 5.52. The molecule has 1 N–H and O–H groups in total. The molecule has 0 radical (unpaired) electrons. The maximum Gasteiger partial charge on any atom is 0.410 e. The molecule has 1 aliphatic carbocycles. The Bertz CT molecular complexity index is 1180. The van der Waals surface area contributed by atoms with Crippen molar-refractivity contribution >= 4 is 6.09 Å². The lowest BCUT2D eigenvalue weighted by atomic mass is 9.77. The number of hydrogen-bond acceptors (Lipinski definition) is 5. The van der Waals surface area contributed by atoms with E-state index < -0.39 is 5.60 Å². The van der Waals surface area contributed by atoms with Crippen molar-refractivity contribution in [1.29, 1.82) is 0 Å². The highest BCUT2D eigenvalue weighted by Gasteiger charge is 2.49. The average molecular weight is 457 g/mol. The lowest BCUT2D eigenvalue weighted by Gasteiger charge is -2.51. The summed E-state index contributed by atoms with van der Waals surface area (Å²) >= 11 is 0. The normalized spacial score (nSPS) is 25.5. The molecule has 3 heterocycles. The van der Waals surface area contributed by atoms with Gasteiger partial charge in [-0.1, -0.05) is 48.5 Å². The van der Waals surface area contributed by atoms with Crippen LogP contribution < -0.4 is 0 Å². The topological polar surface area (TPSA) is 71.9 Å². The zero-order valence-electron chi connectivity index (χ0n) is 19.2. The number of pyridine rings is 1. The second kappa shape index (κ2) is 8.22. The van der Waals surface area contributed by atoms with Crippen LogP contribution in [0.2, 0.25) is 0 Å².